The molecule has 0 radical (unpaired) electrons. The summed E-state index contributed by atoms with van der Waals surface area (Å²) in [5.74, 6) is 1.31. The molecule has 3 nitrogen and oxygen atoms in total. The topological polar surface area (TPSA) is 45.1 Å². The number of aliphatic hydroxyl groups is 1. The molecular formula is C13H20N2O. The van der Waals surface area contributed by atoms with E-state index in [1.54, 1.807) is 0 Å². The fourth-order valence-corrected chi connectivity index (χ4v) is 2.36. The lowest BCUT2D eigenvalue weighted by Gasteiger charge is -2.31. The fraction of sp³-hybridized carbons (Fsp3) is 0.615. The Kier molecular flexibility index (Phi) is 3.78. The lowest BCUT2D eigenvalue weighted by molar-refractivity contribution is 0.178. The van der Waals surface area contributed by atoms with E-state index in [4.69, 9.17) is 0 Å². The highest BCUT2D eigenvalue weighted by Gasteiger charge is 2.24. The molecule has 1 fully saturated rings. The van der Waals surface area contributed by atoms with Gasteiger partial charge in [-0.1, -0.05) is 18.9 Å². The van der Waals surface area contributed by atoms with Gasteiger partial charge in [-0.3, -0.25) is 0 Å². The van der Waals surface area contributed by atoms with Gasteiger partial charge in [0.1, 0.15) is 5.82 Å². The molecular weight excluding hydrogens is 200 g/mol. The SMILES string of the molecule is Cc1ccc(NC2CCCCC2CO)nc1. The third-order valence-corrected chi connectivity index (χ3v) is 3.39. The molecule has 2 unspecified atom stereocenters. The van der Waals surface area contributed by atoms with Gasteiger partial charge >= 0.3 is 0 Å². The largest absolute Gasteiger partial charge is 0.396 e. The molecule has 0 amide bonds. The van der Waals surface area contributed by atoms with Gasteiger partial charge in [-0.05, 0) is 31.4 Å². The van der Waals surface area contributed by atoms with Gasteiger partial charge in [0.05, 0.1) is 0 Å². The highest BCUT2D eigenvalue weighted by atomic mass is 16.3. The van der Waals surface area contributed by atoms with Gasteiger partial charge < -0.3 is 10.4 Å². The van der Waals surface area contributed by atoms with E-state index in [1.807, 2.05) is 19.2 Å². The van der Waals surface area contributed by atoms with Crippen molar-refractivity contribution in [2.45, 2.75) is 38.6 Å². The fourth-order valence-electron chi connectivity index (χ4n) is 2.36. The average molecular weight is 220 g/mol. The molecule has 1 aromatic heterocycles. The summed E-state index contributed by atoms with van der Waals surface area (Å²) in [5.41, 5.74) is 1.17. The van der Waals surface area contributed by atoms with E-state index in [0.29, 0.717) is 12.0 Å². The van der Waals surface area contributed by atoms with Gasteiger partial charge in [-0.2, -0.15) is 0 Å². The van der Waals surface area contributed by atoms with Crippen LogP contribution in [-0.4, -0.2) is 22.7 Å². The van der Waals surface area contributed by atoms with Crippen LogP contribution in [0.2, 0.25) is 0 Å². The molecule has 88 valence electrons. The Morgan fingerprint density at radius 1 is 1.38 bits per heavy atom. The number of anilines is 1. The van der Waals surface area contributed by atoms with Crippen molar-refractivity contribution in [1.82, 2.24) is 4.98 Å². The van der Waals surface area contributed by atoms with E-state index in [0.717, 1.165) is 18.7 Å². The van der Waals surface area contributed by atoms with Crippen LogP contribution in [0.1, 0.15) is 31.2 Å². The van der Waals surface area contributed by atoms with Crippen LogP contribution in [-0.2, 0) is 0 Å². The second kappa shape index (κ2) is 5.30. The number of nitrogens with zero attached hydrogens (tertiary/aromatic N) is 1. The van der Waals surface area contributed by atoms with Crippen LogP contribution in [0.4, 0.5) is 5.82 Å². The van der Waals surface area contributed by atoms with Gasteiger partial charge in [-0.15, -0.1) is 0 Å². The lowest BCUT2D eigenvalue weighted by Crippen LogP contribution is -2.34. The maximum Gasteiger partial charge on any atom is 0.126 e. The highest BCUT2D eigenvalue weighted by Crippen LogP contribution is 2.26. The van der Waals surface area contributed by atoms with Crippen molar-refractivity contribution in [2.75, 3.05) is 11.9 Å². The summed E-state index contributed by atoms with van der Waals surface area (Å²) in [4.78, 5) is 4.35. The molecule has 3 heteroatoms. The third kappa shape index (κ3) is 2.73. The Bertz CT molecular complexity index is 323. The van der Waals surface area contributed by atoms with Crippen molar-refractivity contribution in [1.29, 1.82) is 0 Å². The Balaban J connectivity index is 1.99. The summed E-state index contributed by atoms with van der Waals surface area (Å²) in [6, 6.07) is 4.46. The summed E-state index contributed by atoms with van der Waals surface area (Å²) in [6.07, 6.45) is 6.63. The lowest BCUT2D eigenvalue weighted by atomic mass is 9.85. The van der Waals surface area contributed by atoms with Crippen LogP contribution in [0.3, 0.4) is 0 Å². The van der Waals surface area contributed by atoms with Gasteiger partial charge in [0, 0.05) is 24.8 Å². The predicted molar refractivity (Wildman–Crippen MR) is 65.4 cm³/mol. The van der Waals surface area contributed by atoms with E-state index < -0.39 is 0 Å². The smallest absolute Gasteiger partial charge is 0.126 e. The van der Waals surface area contributed by atoms with Crippen molar-refractivity contribution >= 4 is 5.82 Å². The summed E-state index contributed by atoms with van der Waals surface area (Å²) in [5, 5.41) is 12.8. The van der Waals surface area contributed by atoms with Crippen LogP contribution in [0.5, 0.6) is 0 Å². The molecule has 0 spiro atoms. The molecule has 1 heterocycles. The van der Waals surface area contributed by atoms with Gasteiger partial charge in [0.15, 0.2) is 0 Å². The second-order valence-corrected chi connectivity index (χ2v) is 4.70. The Hall–Kier alpha value is -1.09. The number of aromatic nitrogens is 1. The molecule has 0 saturated heterocycles. The van der Waals surface area contributed by atoms with E-state index >= 15 is 0 Å². The number of pyridine rings is 1. The normalized spacial score (nSPS) is 25.4. The molecule has 1 aliphatic carbocycles. The minimum absolute atomic E-state index is 0.281. The van der Waals surface area contributed by atoms with Crippen molar-refractivity contribution in [3.63, 3.8) is 0 Å². The van der Waals surface area contributed by atoms with Gasteiger partial charge in [-0.25, -0.2) is 4.98 Å². The van der Waals surface area contributed by atoms with Crippen LogP contribution in [0, 0.1) is 12.8 Å². The van der Waals surface area contributed by atoms with E-state index in [9.17, 15) is 5.11 Å². The summed E-state index contributed by atoms with van der Waals surface area (Å²) < 4.78 is 0. The Labute approximate surface area is 96.9 Å². The zero-order valence-corrected chi connectivity index (χ0v) is 9.82. The molecule has 2 rings (SSSR count). The molecule has 1 aliphatic rings. The molecule has 2 N–H and O–H groups in total. The predicted octanol–water partition coefficient (Wildman–Crippen LogP) is 2.35. The van der Waals surface area contributed by atoms with Crippen LogP contribution in [0.25, 0.3) is 0 Å². The zero-order valence-electron chi connectivity index (χ0n) is 9.82. The number of hydrogen-bond acceptors (Lipinski definition) is 3. The first-order chi connectivity index (χ1) is 7.79. The number of nitrogens with one attached hydrogen (secondary N) is 1. The molecule has 0 aromatic carbocycles. The maximum atomic E-state index is 9.32. The van der Waals surface area contributed by atoms with Crippen LogP contribution >= 0.6 is 0 Å². The third-order valence-electron chi connectivity index (χ3n) is 3.39. The molecule has 2 atom stereocenters. The Morgan fingerprint density at radius 3 is 2.88 bits per heavy atom. The number of aryl methyl sites for hydroxylation is 1. The number of hydrogen-bond donors (Lipinski definition) is 2. The number of aliphatic hydroxyl groups excluding tert-OH is 1. The van der Waals surface area contributed by atoms with Crippen LogP contribution < -0.4 is 5.32 Å². The first-order valence-electron chi connectivity index (χ1n) is 6.09. The van der Waals surface area contributed by atoms with Crippen molar-refractivity contribution in [3.8, 4) is 0 Å². The van der Waals surface area contributed by atoms with Crippen LogP contribution in [0.15, 0.2) is 18.3 Å². The monoisotopic (exact) mass is 220 g/mol. The minimum atomic E-state index is 0.281. The van der Waals surface area contributed by atoms with Crippen molar-refractivity contribution < 1.29 is 5.11 Å². The van der Waals surface area contributed by atoms with E-state index in [-0.39, 0.29) is 6.61 Å². The molecule has 0 aliphatic heterocycles. The van der Waals surface area contributed by atoms with E-state index in [2.05, 4.69) is 16.4 Å². The first kappa shape index (κ1) is 11.4. The molecule has 1 saturated carbocycles. The Morgan fingerprint density at radius 2 is 2.19 bits per heavy atom. The minimum Gasteiger partial charge on any atom is -0.396 e. The van der Waals surface area contributed by atoms with E-state index in [1.165, 1.54) is 18.4 Å². The zero-order chi connectivity index (χ0) is 11.4. The molecule has 16 heavy (non-hydrogen) atoms. The highest BCUT2D eigenvalue weighted by molar-refractivity contribution is 5.36. The van der Waals surface area contributed by atoms with Gasteiger partial charge in [0.2, 0.25) is 0 Å². The summed E-state index contributed by atoms with van der Waals surface area (Å²) in [6.45, 7) is 2.32. The quantitative estimate of drug-likeness (QED) is 0.822. The average Bonchev–Trinajstić information content (AvgIpc) is 2.33. The summed E-state index contributed by atoms with van der Waals surface area (Å²) >= 11 is 0. The standard InChI is InChI=1S/C13H20N2O/c1-10-6-7-13(14-8-10)15-12-5-3-2-4-11(12)9-16/h6-8,11-12,16H,2-5,9H2,1H3,(H,14,15). The van der Waals surface area contributed by atoms with Gasteiger partial charge in [0.25, 0.3) is 0 Å². The second-order valence-electron chi connectivity index (χ2n) is 4.70. The maximum absolute atomic E-state index is 9.32. The summed E-state index contributed by atoms with van der Waals surface area (Å²) in [7, 11) is 0. The molecule has 1 aromatic rings. The van der Waals surface area contributed by atoms with Crippen molar-refractivity contribution in [3.05, 3.63) is 23.9 Å². The number of rotatable bonds is 3. The first-order valence-corrected chi connectivity index (χ1v) is 6.09. The van der Waals surface area contributed by atoms with Crippen molar-refractivity contribution in [2.24, 2.45) is 5.92 Å². The molecule has 0 bridgehead atoms.